The molecule has 1 radical (unpaired) electrons. The number of hydrogen-bond acceptors (Lipinski definition) is 3. The van der Waals surface area contributed by atoms with Crippen LogP contribution >= 0.6 is 11.3 Å². The Labute approximate surface area is 117 Å². The van der Waals surface area contributed by atoms with Gasteiger partial charge in [0.25, 0.3) is 0 Å². The van der Waals surface area contributed by atoms with Gasteiger partial charge in [0.2, 0.25) is 0 Å². The summed E-state index contributed by atoms with van der Waals surface area (Å²) in [6.45, 7) is 5.35. The molecule has 0 atom stereocenters. The fourth-order valence-corrected chi connectivity index (χ4v) is 1.28. The van der Waals surface area contributed by atoms with E-state index in [1.807, 2.05) is 47.8 Å². The Kier molecular flexibility index (Phi) is 16.0. The van der Waals surface area contributed by atoms with Gasteiger partial charge < -0.3 is 27.9 Å². The first-order valence-corrected chi connectivity index (χ1v) is 5.34. The van der Waals surface area contributed by atoms with Crippen LogP contribution in [0.5, 0.6) is 0 Å². The van der Waals surface area contributed by atoms with Crippen LogP contribution < -0.4 is 0 Å². The second-order valence-electron chi connectivity index (χ2n) is 2.56. The van der Waals surface area contributed by atoms with Gasteiger partial charge in [-0.15, -0.1) is 5.38 Å². The zero-order valence-electron chi connectivity index (χ0n) is 9.10. The van der Waals surface area contributed by atoms with Gasteiger partial charge in [-0.3, -0.25) is 0 Å². The second kappa shape index (κ2) is 14.9. The Hall–Kier alpha value is -1.11. The number of rotatable bonds is 2. The van der Waals surface area contributed by atoms with Gasteiger partial charge in [0.15, 0.2) is 0 Å². The Morgan fingerprint density at radius 3 is 2.24 bits per heavy atom. The number of hydrogen-bond donors (Lipinski definition) is 0. The maximum absolute atomic E-state index is 6.25. The zero-order valence-corrected chi connectivity index (χ0v) is 10.9. The summed E-state index contributed by atoms with van der Waals surface area (Å²) in [5, 5.41) is 11.1. The van der Waals surface area contributed by atoms with Crippen molar-refractivity contribution in [3.8, 4) is 0 Å². The molecular weight excluding hydrogens is 282 g/mol. The third-order valence-electron chi connectivity index (χ3n) is 1.49. The van der Waals surface area contributed by atoms with Crippen LogP contribution in [0.2, 0.25) is 0 Å². The minimum atomic E-state index is 0. The van der Waals surface area contributed by atoms with Crippen molar-refractivity contribution in [2.24, 2.45) is 0 Å². The quantitative estimate of drug-likeness (QED) is 0.626. The molecule has 0 aliphatic carbocycles. The third kappa shape index (κ3) is 11.2. The van der Waals surface area contributed by atoms with Crippen LogP contribution in [0.1, 0.15) is 5.56 Å². The maximum Gasteiger partial charge on any atom is 0.0373 e. The number of ether oxygens (including phenoxy) is 1. The zero-order chi connectivity index (χ0) is 12.1. The van der Waals surface area contributed by atoms with Crippen molar-refractivity contribution in [2.75, 3.05) is 0 Å². The van der Waals surface area contributed by atoms with Gasteiger partial charge >= 0.3 is 0 Å². The smallest absolute Gasteiger partial charge is 0.0373 e. The summed E-state index contributed by atoms with van der Waals surface area (Å²) in [4.78, 5) is 0. The molecule has 0 unspecified atom stereocenters. The summed E-state index contributed by atoms with van der Waals surface area (Å²) in [5.41, 5.74) is 1.16. The van der Waals surface area contributed by atoms with Crippen molar-refractivity contribution in [2.45, 2.75) is 6.61 Å². The molecule has 4 heteroatoms. The van der Waals surface area contributed by atoms with E-state index in [2.05, 4.69) is 17.2 Å². The Morgan fingerprint density at radius 1 is 1.24 bits per heavy atom. The van der Waals surface area contributed by atoms with E-state index < -0.39 is 0 Å². The van der Waals surface area contributed by atoms with Crippen LogP contribution in [-0.4, -0.2) is 0 Å². The van der Waals surface area contributed by atoms with Crippen molar-refractivity contribution < 1.29 is 21.8 Å². The van der Waals surface area contributed by atoms with E-state index in [1.165, 1.54) is 0 Å². The van der Waals surface area contributed by atoms with E-state index in [-0.39, 0.29) is 17.1 Å². The summed E-state index contributed by atoms with van der Waals surface area (Å²) in [7, 11) is 3.28. The molecule has 95 valence electrons. The van der Waals surface area contributed by atoms with Crippen molar-refractivity contribution in [3.05, 3.63) is 72.5 Å². The second-order valence-corrected chi connectivity index (χ2v) is 3.31. The first kappa shape index (κ1) is 18.3. The van der Waals surface area contributed by atoms with E-state index in [4.69, 9.17) is 11.8 Å². The van der Waals surface area contributed by atoms with Crippen molar-refractivity contribution in [1.82, 2.24) is 0 Å². The molecule has 0 amide bonds. The standard InChI is InChI=1S/C8H9O.C4H3S.CN.Cu/c1-9-7-8-5-3-2-4-6-8;1-2-4-5-3-1;1-2;/h2-6H,1,7H2;1-3H;;/q3*-1;. The van der Waals surface area contributed by atoms with Gasteiger partial charge in [0.05, 0.1) is 0 Å². The van der Waals surface area contributed by atoms with Gasteiger partial charge in [-0.2, -0.15) is 11.4 Å². The van der Waals surface area contributed by atoms with E-state index in [1.54, 1.807) is 11.3 Å². The molecule has 0 fully saturated rings. The number of benzene rings is 1. The van der Waals surface area contributed by atoms with Crippen LogP contribution in [-0.2, 0) is 28.4 Å². The monoisotopic (exact) mass is 293 g/mol. The largest absolute Gasteiger partial charge is 0.552 e. The van der Waals surface area contributed by atoms with Gasteiger partial charge in [0, 0.05) is 23.7 Å². The van der Waals surface area contributed by atoms with E-state index >= 15 is 0 Å². The molecular formula is C13H12CuNOS-3. The first-order chi connectivity index (χ1) is 7.93. The minimum Gasteiger partial charge on any atom is -0.552 e. The van der Waals surface area contributed by atoms with Crippen LogP contribution in [0, 0.1) is 24.3 Å². The SMILES string of the molecule is [C-]#N.[CH2-]OCc1ccccc1.[Cu].[c-]1cccs1. The molecule has 0 aliphatic rings. The van der Waals surface area contributed by atoms with E-state index in [0.29, 0.717) is 6.61 Å². The summed E-state index contributed by atoms with van der Waals surface area (Å²) < 4.78 is 4.68. The molecule has 0 bridgehead atoms. The third-order valence-corrected chi connectivity index (χ3v) is 2.06. The molecule has 2 rings (SSSR count). The molecule has 0 saturated heterocycles. The first-order valence-electron chi connectivity index (χ1n) is 4.46. The Morgan fingerprint density at radius 2 is 1.88 bits per heavy atom. The fourth-order valence-electron chi connectivity index (χ4n) is 0.889. The van der Waals surface area contributed by atoms with Gasteiger partial charge in [-0.25, -0.2) is 13.2 Å². The molecule has 0 saturated carbocycles. The predicted octanol–water partition coefficient (Wildman–Crippen LogP) is 3.64. The molecule has 0 spiro atoms. The van der Waals surface area contributed by atoms with Gasteiger partial charge in [-0.1, -0.05) is 30.3 Å². The van der Waals surface area contributed by atoms with Crippen LogP contribution in [0.4, 0.5) is 0 Å². The molecule has 17 heavy (non-hydrogen) atoms. The number of nitrogens with zero attached hydrogens (tertiary/aromatic N) is 1. The molecule has 1 heterocycles. The van der Waals surface area contributed by atoms with Crippen molar-refractivity contribution in [3.63, 3.8) is 0 Å². The minimum absolute atomic E-state index is 0. The summed E-state index contributed by atoms with van der Waals surface area (Å²) in [5.74, 6) is 0. The predicted molar refractivity (Wildman–Crippen MR) is 64.7 cm³/mol. The van der Waals surface area contributed by atoms with Crippen LogP contribution in [0.15, 0.2) is 47.8 Å². The summed E-state index contributed by atoms with van der Waals surface area (Å²) in [6.07, 6.45) is 0. The average Bonchev–Trinajstić information content (AvgIpc) is 2.92. The Balaban J connectivity index is 0. The maximum atomic E-state index is 6.25. The Bertz CT molecular complexity index is 331. The van der Waals surface area contributed by atoms with Gasteiger partial charge in [-0.05, 0) is 5.56 Å². The fraction of sp³-hybridized carbons (Fsp3) is 0.0769. The van der Waals surface area contributed by atoms with Crippen molar-refractivity contribution in [1.29, 1.82) is 5.26 Å². The molecule has 2 aromatic rings. The molecule has 2 nitrogen and oxygen atoms in total. The normalized spacial score (nSPS) is 7.47. The van der Waals surface area contributed by atoms with Crippen molar-refractivity contribution >= 4 is 11.3 Å². The van der Waals surface area contributed by atoms with Crippen LogP contribution in [0.25, 0.3) is 0 Å². The van der Waals surface area contributed by atoms with E-state index in [0.717, 1.165) is 5.56 Å². The average molecular weight is 294 g/mol. The molecule has 0 N–H and O–H groups in total. The van der Waals surface area contributed by atoms with Gasteiger partial charge in [0.1, 0.15) is 0 Å². The molecule has 1 aromatic carbocycles. The van der Waals surface area contributed by atoms with E-state index in [9.17, 15) is 0 Å². The topological polar surface area (TPSA) is 33.0 Å². The molecule has 1 aromatic heterocycles. The summed E-state index contributed by atoms with van der Waals surface area (Å²) >= 11 is 1.59. The summed E-state index contributed by atoms with van der Waals surface area (Å²) in [6, 6.07) is 13.8. The number of thiophene rings is 1. The van der Waals surface area contributed by atoms with Crippen LogP contribution in [0.3, 0.4) is 0 Å². The molecule has 0 aliphatic heterocycles.